The van der Waals surface area contributed by atoms with Gasteiger partial charge in [-0.25, -0.2) is 0 Å². The second kappa shape index (κ2) is 8.65. The van der Waals surface area contributed by atoms with Crippen molar-refractivity contribution < 1.29 is 19.1 Å². The Bertz CT molecular complexity index is 553. The molecule has 1 saturated heterocycles. The summed E-state index contributed by atoms with van der Waals surface area (Å²) in [6.07, 6.45) is 1.29. The number of methoxy groups -OCH3 is 2. The topological polar surface area (TPSA) is 88.7 Å². The van der Waals surface area contributed by atoms with Gasteiger partial charge in [0, 0.05) is 25.8 Å². The minimum absolute atomic E-state index is 0.120. The summed E-state index contributed by atoms with van der Waals surface area (Å²) in [7, 11) is 3.14. The highest BCUT2D eigenvalue weighted by molar-refractivity contribution is 5.94. The summed E-state index contributed by atoms with van der Waals surface area (Å²) in [5.74, 6) is 0.395. The maximum Gasteiger partial charge on any atom is 0.252 e. The molecule has 1 aliphatic rings. The number of benzene rings is 1. The molecule has 0 spiro atoms. The monoisotopic (exact) mass is 335 g/mol. The Morgan fingerprint density at radius 3 is 2.29 bits per heavy atom. The molecule has 0 bridgehead atoms. The van der Waals surface area contributed by atoms with E-state index < -0.39 is 5.60 Å². The van der Waals surface area contributed by atoms with Crippen molar-refractivity contribution in [3.8, 4) is 5.75 Å². The van der Waals surface area contributed by atoms with E-state index in [2.05, 4.69) is 16.0 Å². The van der Waals surface area contributed by atoms with Crippen molar-refractivity contribution in [3.05, 3.63) is 29.8 Å². The molecule has 1 heterocycles. The van der Waals surface area contributed by atoms with Crippen molar-refractivity contribution in [1.82, 2.24) is 16.0 Å². The molecule has 0 saturated carbocycles. The van der Waals surface area contributed by atoms with Crippen molar-refractivity contribution in [2.24, 2.45) is 0 Å². The highest BCUT2D eigenvalue weighted by Gasteiger charge is 2.39. The zero-order valence-electron chi connectivity index (χ0n) is 14.2. The van der Waals surface area contributed by atoms with Gasteiger partial charge in [-0.15, -0.1) is 0 Å². The van der Waals surface area contributed by atoms with E-state index in [1.165, 1.54) is 0 Å². The molecule has 7 nitrogen and oxygen atoms in total. The standard InChI is InChI=1S/C17H25N3O4/c1-23-14-5-3-13(4-6-14)15(21)19-11-12-20-16(22)17(24-2)7-9-18-10-8-17/h3-6,18H,7-12H2,1-2H3,(H,19,21)(H,20,22). The summed E-state index contributed by atoms with van der Waals surface area (Å²) < 4.78 is 10.5. The SMILES string of the molecule is COc1ccc(C(=O)NCCNC(=O)C2(OC)CCNCC2)cc1. The third-order valence-corrected chi connectivity index (χ3v) is 4.26. The van der Waals surface area contributed by atoms with Crippen molar-refractivity contribution in [3.63, 3.8) is 0 Å². The molecule has 1 aliphatic heterocycles. The summed E-state index contributed by atoms with van der Waals surface area (Å²) in [5, 5.41) is 8.83. The number of ether oxygens (including phenoxy) is 2. The zero-order valence-corrected chi connectivity index (χ0v) is 14.2. The smallest absolute Gasteiger partial charge is 0.252 e. The lowest BCUT2D eigenvalue weighted by molar-refractivity contribution is -0.146. The van der Waals surface area contributed by atoms with Crippen LogP contribution in [0.3, 0.4) is 0 Å². The Labute approximate surface area is 142 Å². The average Bonchev–Trinajstić information content (AvgIpc) is 2.65. The van der Waals surface area contributed by atoms with Gasteiger partial charge < -0.3 is 25.4 Å². The Hall–Kier alpha value is -2.12. The quantitative estimate of drug-likeness (QED) is 0.624. The van der Waals surface area contributed by atoms with E-state index >= 15 is 0 Å². The summed E-state index contributed by atoms with van der Waals surface area (Å²) in [5.41, 5.74) is -0.209. The van der Waals surface area contributed by atoms with Crippen LogP contribution >= 0.6 is 0 Å². The number of amides is 2. The predicted molar refractivity (Wildman–Crippen MR) is 90.2 cm³/mol. The van der Waals surface area contributed by atoms with Gasteiger partial charge in [-0.05, 0) is 50.2 Å². The van der Waals surface area contributed by atoms with Gasteiger partial charge >= 0.3 is 0 Å². The molecule has 0 aliphatic carbocycles. The van der Waals surface area contributed by atoms with E-state index in [0.29, 0.717) is 37.2 Å². The largest absolute Gasteiger partial charge is 0.497 e. The van der Waals surface area contributed by atoms with Crippen LogP contribution in [0.5, 0.6) is 5.75 Å². The molecule has 0 atom stereocenters. The van der Waals surface area contributed by atoms with Crippen LogP contribution in [0.25, 0.3) is 0 Å². The van der Waals surface area contributed by atoms with Crippen molar-refractivity contribution in [1.29, 1.82) is 0 Å². The van der Waals surface area contributed by atoms with Crippen LogP contribution in [-0.4, -0.2) is 57.8 Å². The third kappa shape index (κ3) is 4.46. The lowest BCUT2D eigenvalue weighted by atomic mass is 9.91. The molecule has 0 radical (unpaired) electrons. The van der Waals surface area contributed by atoms with Crippen LogP contribution in [0.4, 0.5) is 0 Å². The first-order valence-electron chi connectivity index (χ1n) is 8.08. The maximum atomic E-state index is 12.3. The predicted octanol–water partition coefficient (Wildman–Crippen LogP) is 0.310. The summed E-state index contributed by atoms with van der Waals surface area (Å²) in [6.45, 7) is 2.23. The van der Waals surface area contributed by atoms with E-state index in [-0.39, 0.29) is 11.8 Å². The molecule has 1 aromatic carbocycles. The second-order valence-corrected chi connectivity index (χ2v) is 5.69. The number of hydrogen-bond donors (Lipinski definition) is 3. The van der Waals surface area contributed by atoms with Crippen LogP contribution in [-0.2, 0) is 9.53 Å². The summed E-state index contributed by atoms with van der Waals surface area (Å²) in [6, 6.07) is 6.86. The van der Waals surface area contributed by atoms with Crippen LogP contribution < -0.4 is 20.7 Å². The lowest BCUT2D eigenvalue weighted by Crippen LogP contribution is -2.54. The molecule has 132 valence electrons. The van der Waals surface area contributed by atoms with Gasteiger partial charge in [0.15, 0.2) is 0 Å². The minimum atomic E-state index is -0.759. The molecule has 24 heavy (non-hydrogen) atoms. The second-order valence-electron chi connectivity index (χ2n) is 5.69. The number of carbonyl (C=O) groups excluding carboxylic acids is 2. The lowest BCUT2D eigenvalue weighted by Gasteiger charge is -2.34. The van der Waals surface area contributed by atoms with Crippen LogP contribution in [0.15, 0.2) is 24.3 Å². The molecular formula is C17H25N3O4. The first kappa shape index (κ1) is 18.2. The van der Waals surface area contributed by atoms with Gasteiger partial charge in [-0.1, -0.05) is 0 Å². The number of nitrogens with one attached hydrogen (secondary N) is 3. The highest BCUT2D eigenvalue weighted by Crippen LogP contribution is 2.22. The van der Waals surface area contributed by atoms with Gasteiger partial charge in [0.2, 0.25) is 0 Å². The Morgan fingerprint density at radius 2 is 1.71 bits per heavy atom. The van der Waals surface area contributed by atoms with Crippen LogP contribution in [0, 0.1) is 0 Å². The molecule has 0 unspecified atom stereocenters. The van der Waals surface area contributed by atoms with E-state index in [1.54, 1.807) is 38.5 Å². The minimum Gasteiger partial charge on any atom is -0.497 e. The number of carbonyl (C=O) groups is 2. The van der Waals surface area contributed by atoms with Crippen molar-refractivity contribution >= 4 is 11.8 Å². The molecular weight excluding hydrogens is 310 g/mol. The molecule has 2 rings (SSSR count). The van der Waals surface area contributed by atoms with Crippen LogP contribution in [0.2, 0.25) is 0 Å². The van der Waals surface area contributed by atoms with Crippen molar-refractivity contribution in [2.75, 3.05) is 40.4 Å². The molecule has 1 aromatic rings. The van der Waals surface area contributed by atoms with Gasteiger partial charge in [0.1, 0.15) is 11.4 Å². The van der Waals surface area contributed by atoms with Gasteiger partial charge in [-0.2, -0.15) is 0 Å². The zero-order chi connectivity index (χ0) is 17.4. The number of piperidine rings is 1. The summed E-state index contributed by atoms with van der Waals surface area (Å²) in [4.78, 5) is 24.4. The van der Waals surface area contributed by atoms with Crippen LogP contribution in [0.1, 0.15) is 23.2 Å². The summed E-state index contributed by atoms with van der Waals surface area (Å²) >= 11 is 0. The maximum absolute atomic E-state index is 12.3. The first-order chi connectivity index (χ1) is 11.6. The molecule has 2 amide bonds. The van der Waals surface area contributed by atoms with Gasteiger partial charge in [-0.3, -0.25) is 9.59 Å². The van der Waals surface area contributed by atoms with Gasteiger partial charge in [0.25, 0.3) is 11.8 Å². The number of hydrogen-bond acceptors (Lipinski definition) is 5. The highest BCUT2D eigenvalue weighted by atomic mass is 16.5. The Kier molecular flexibility index (Phi) is 6.57. The first-order valence-corrected chi connectivity index (χ1v) is 8.08. The molecule has 0 aromatic heterocycles. The van der Waals surface area contributed by atoms with E-state index in [0.717, 1.165) is 13.1 Å². The normalized spacial score (nSPS) is 16.2. The Morgan fingerprint density at radius 1 is 1.08 bits per heavy atom. The Balaban J connectivity index is 1.75. The molecule has 3 N–H and O–H groups in total. The van der Waals surface area contributed by atoms with E-state index in [1.807, 2.05) is 0 Å². The van der Waals surface area contributed by atoms with E-state index in [9.17, 15) is 9.59 Å². The van der Waals surface area contributed by atoms with Crippen molar-refractivity contribution in [2.45, 2.75) is 18.4 Å². The third-order valence-electron chi connectivity index (χ3n) is 4.26. The fourth-order valence-electron chi connectivity index (χ4n) is 2.71. The molecule has 1 fully saturated rings. The average molecular weight is 335 g/mol. The van der Waals surface area contributed by atoms with E-state index in [4.69, 9.17) is 9.47 Å². The fourth-order valence-corrected chi connectivity index (χ4v) is 2.71. The van der Waals surface area contributed by atoms with Gasteiger partial charge in [0.05, 0.1) is 7.11 Å². The number of rotatable bonds is 7. The fraction of sp³-hybridized carbons (Fsp3) is 0.529. The molecule has 7 heteroatoms.